The summed E-state index contributed by atoms with van der Waals surface area (Å²) in [7, 11) is 1.87. The second kappa shape index (κ2) is 6.84. The summed E-state index contributed by atoms with van der Waals surface area (Å²) in [5.41, 5.74) is 0.625. The highest BCUT2D eigenvalue weighted by molar-refractivity contribution is 5.77. The SMILES string of the molecule is CC(CC(=O)N(C)C1CCNCC1)c1ccccc1F. The zero-order valence-corrected chi connectivity index (χ0v) is 12.2. The second-order valence-electron chi connectivity index (χ2n) is 5.61. The van der Waals surface area contributed by atoms with Crippen LogP contribution in [0.25, 0.3) is 0 Å². The summed E-state index contributed by atoms with van der Waals surface area (Å²) >= 11 is 0. The predicted molar refractivity (Wildman–Crippen MR) is 78.1 cm³/mol. The molecule has 20 heavy (non-hydrogen) atoms. The first-order valence-electron chi connectivity index (χ1n) is 7.30. The van der Waals surface area contributed by atoms with Crippen LogP contribution in [0.1, 0.15) is 37.7 Å². The van der Waals surface area contributed by atoms with Crippen molar-refractivity contribution in [2.75, 3.05) is 20.1 Å². The first-order valence-corrected chi connectivity index (χ1v) is 7.30. The van der Waals surface area contributed by atoms with Gasteiger partial charge >= 0.3 is 0 Å². The molecule has 1 amide bonds. The van der Waals surface area contributed by atoms with Gasteiger partial charge in [0.25, 0.3) is 0 Å². The van der Waals surface area contributed by atoms with Crippen molar-refractivity contribution in [2.24, 2.45) is 0 Å². The summed E-state index contributed by atoms with van der Waals surface area (Å²) in [6.07, 6.45) is 2.36. The van der Waals surface area contributed by atoms with Gasteiger partial charge in [-0.2, -0.15) is 0 Å². The summed E-state index contributed by atoms with van der Waals surface area (Å²) in [5.74, 6) is -0.210. The van der Waals surface area contributed by atoms with Crippen LogP contribution in [-0.2, 0) is 4.79 Å². The molecular formula is C16H23FN2O. The zero-order chi connectivity index (χ0) is 14.5. The Morgan fingerprint density at radius 3 is 2.70 bits per heavy atom. The number of nitrogens with zero attached hydrogens (tertiary/aromatic N) is 1. The molecule has 1 aliphatic rings. The van der Waals surface area contributed by atoms with E-state index in [0.717, 1.165) is 25.9 Å². The van der Waals surface area contributed by atoms with Crippen molar-refractivity contribution in [1.29, 1.82) is 0 Å². The molecule has 0 aromatic heterocycles. The van der Waals surface area contributed by atoms with E-state index in [0.29, 0.717) is 18.0 Å². The number of carbonyl (C=O) groups is 1. The third-order valence-corrected chi connectivity index (χ3v) is 4.17. The maximum Gasteiger partial charge on any atom is 0.223 e. The summed E-state index contributed by atoms with van der Waals surface area (Å²) in [4.78, 5) is 14.2. The predicted octanol–water partition coefficient (Wildman–Crippen LogP) is 2.53. The number of halogens is 1. The van der Waals surface area contributed by atoms with Crippen LogP contribution >= 0.6 is 0 Å². The fraction of sp³-hybridized carbons (Fsp3) is 0.562. The van der Waals surface area contributed by atoms with Crippen molar-refractivity contribution in [1.82, 2.24) is 10.2 Å². The van der Waals surface area contributed by atoms with Gasteiger partial charge in [-0.3, -0.25) is 4.79 Å². The van der Waals surface area contributed by atoms with E-state index >= 15 is 0 Å². The van der Waals surface area contributed by atoms with Gasteiger partial charge in [-0.05, 0) is 43.5 Å². The third kappa shape index (κ3) is 3.57. The minimum atomic E-state index is -0.225. The molecule has 1 aromatic carbocycles. The van der Waals surface area contributed by atoms with Crippen molar-refractivity contribution in [3.05, 3.63) is 35.6 Å². The molecule has 2 rings (SSSR count). The highest BCUT2D eigenvalue weighted by Crippen LogP contribution is 2.23. The van der Waals surface area contributed by atoms with Gasteiger partial charge in [0.1, 0.15) is 5.82 Å². The normalized spacial score (nSPS) is 17.8. The van der Waals surface area contributed by atoms with E-state index in [1.165, 1.54) is 6.07 Å². The quantitative estimate of drug-likeness (QED) is 0.918. The van der Waals surface area contributed by atoms with Gasteiger partial charge in [0.15, 0.2) is 0 Å². The van der Waals surface area contributed by atoms with Crippen molar-refractivity contribution < 1.29 is 9.18 Å². The number of rotatable bonds is 4. The molecule has 0 bridgehead atoms. The van der Waals surface area contributed by atoms with Crippen LogP contribution in [0.4, 0.5) is 4.39 Å². The lowest BCUT2D eigenvalue weighted by Gasteiger charge is -2.32. The second-order valence-corrected chi connectivity index (χ2v) is 5.61. The average molecular weight is 278 g/mol. The van der Waals surface area contributed by atoms with Gasteiger partial charge in [-0.15, -0.1) is 0 Å². The van der Waals surface area contributed by atoms with Gasteiger partial charge in [0.05, 0.1) is 0 Å². The van der Waals surface area contributed by atoms with E-state index in [9.17, 15) is 9.18 Å². The fourth-order valence-corrected chi connectivity index (χ4v) is 2.79. The van der Waals surface area contributed by atoms with Crippen LogP contribution in [0, 0.1) is 5.82 Å². The molecule has 1 atom stereocenters. The molecule has 1 saturated heterocycles. The Morgan fingerprint density at radius 1 is 1.40 bits per heavy atom. The zero-order valence-electron chi connectivity index (χ0n) is 12.2. The van der Waals surface area contributed by atoms with Gasteiger partial charge in [0.2, 0.25) is 5.91 Å². The standard InChI is InChI=1S/C16H23FN2O/c1-12(14-5-3-4-6-15(14)17)11-16(20)19(2)13-7-9-18-10-8-13/h3-6,12-13,18H,7-11H2,1-2H3. The molecule has 1 aromatic rings. The van der Waals surface area contributed by atoms with E-state index < -0.39 is 0 Å². The molecule has 1 heterocycles. The molecule has 4 heteroatoms. The van der Waals surface area contributed by atoms with Gasteiger partial charge < -0.3 is 10.2 Å². The Hall–Kier alpha value is -1.42. The topological polar surface area (TPSA) is 32.3 Å². The van der Waals surface area contributed by atoms with E-state index in [1.807, 2.05) is 24.9 Å². The molecule has 1 fully saturated rings. The largest absolute Gasteiger partial charge is 0.343 e. The number of hydrogen-bond donors (Lipinski definition) is 1. The third-order valence-electron chi connectivity index (χ3n) is 4.17. The van der Waals surface area contributed by atoms with Crippen molar-refractivity contribution >= 4 is 5.91 Å². The monoisotopic (exact) mass is 278 g/mol. The highest BCUT2D eigenvalue weighted by atomic mass is 19.1. The van der Waals surface area contributed by atoms with Gasteiger partial charge in [-0.25, -0.2) is 4.39 Å². The van der Waals surface area contributed by atoms with Crippen LogP contribution in [-0.4, -0.2) is 37.0 Å². The molecule has 1 unspecified atom stereocenters. The number of nitrogens with one attached hydrogen (secondary N) is 1. The van der Waals surface area contributed by atoms with E-state index in [4.69, 9.17) is 0 Å². The highest BCUT2D eigenvalue weighted by Gasteiger charge is 2.24. The Balaban J connectivity index is 1.95. The molecule has 0 aliphatic carbocycles. The van der Waals surface area contributed by atoms with E-state index in [2.05, 4.69) is 5.32 Å². The number of hydrogen-bond acceptors (Lipinski definition) is 2. The maximum atomic E-state index is 13.7. The van der Waals surface area contributed by atoms with Crippen LogP contribution < -0.4 is 5.32 Å². The van der Waals surface area contributed by atoms with Crippen molar-refractivity contribution in [3.8, 4) is 0 Å². The molecule has 0 saturated carbocycles. The van der Waals surface area contributed by atoms with Gasteiger partial charge in [-0.1, -0.05) is 25.1 Å². The lowest BCUT2D eigenvalue weighted by atomic mass is 9.96. The maximum absolute atomic E-state index is 13.7. The molecule has 3 nitrogen and oxygen atoms in total. The van der Waals surface area contributed by atoms with Crippen LogP contribution in [0.2, 0.25) is 0 Å². The van der Waals surface area contributed by atoms with Crippen LogP contribution in [0.5, 0.6) is 0 Å². The van der Waals surface area contributed by atoms with Gasteiger partial charge in [0, 0.05) is 19.5 Å². The summed E-state index contributed by atoms with van der Waals surface area (Å²) in [6.45, 7) is 3.84. The van der Waals surface area contributed by atoms with Crippen LogP contribution in [0.15, 0.2) is 24.3 Å². The molecule has 0 spiro atoms. The minimum Gasteiger partial charge on any atom is -0.343 e. The molecule has 110 valence electrons. The van der Waals surface area contributed by atoms with Crippen molar-refractivity contribution in [2.45, 2.75) is 38.1 Å². The lowest BCUT2D eigenvalue weighted by molar-refractivity contribution is -0.132. The fourth-order valence-electron chi connectivity index (χ4n) is 2.79. The summed E-state index contributed by atoms with van der Waals surface area (Å²) in [5, 5.41) is 3.30. The number of piperidine rings is 1. The average Bonchev–Trinajstić information content (AvgIpc) is 2.47. The van der Waals surface area contributed by atoms with Crippen LogP contribution in [0.3, 0.4) is 0 Å². The Bertz CT molecular complexity index is 458. The van der Waals surface area contributed by atoms with E-state index in [1.54, 1.807) is 12.1 Å². The van der Waals surface area contributed by atoms with Crippen molar-refractivity contribution in [3.63, 3.8) is 0 Å². The number of benzene rings is 1. The molecule has 1 aliphatic heterocycles. The molecular weight excluding hydrogens is 255 g/mol. The first kappa shape index (κ1) is 15.0. The van der Waals surface area contributed by atoms with E-state index in [-0.39, 0.29) is 17.6 Å². The Kier molecular flexibility index (Phi) is 5.12. The molecule has 0 radical (unpaired) electrons. The number of amides is 1. The Labute approximate surface area is 120 Å². The smallest absolute Gasteiger partial charge is 0.223 e. The Morgan fingerprint density at radius 2 is 2.05 bits per heavy atom. The molecule has 1 N–H and O–H groups in total. The first-order chi connectivity index (χ1) is 9.59. The summed E-state index contributed by atoms with van der Waals surface area (Å²) < 4.78 is 13.7. The number of carbonyl (C=O) groups excluding carboxylic acids is 1. The lowest BCUT2D eigenvalue weighted by Crippen LogP contribution is -2.44. The minimum absolute atomic E-state index is 0.0899. The summed E-state index contributed by atoms with van der Waals surface area (Å²) in [6, 6.07) is 7.02.